The molecule has 1 aliphatic rings. The van der Waals surface area contributed by atoms with Crippen molar-refractivity contribution in [3.05, 3.63) is 23.5 Å². The van der Waals surface area contributed by atoms with E-state index in [4.69, 9.17) is 9.84 Å². The third kappa shape index (κ3) is 2.03. The van der Waals surface area contributed by atoms with Crippen LogP contribution in [0.5, 0.6) is 0 Å². The number of carboxylic acid groups (broad SMARTS) is 1. The Balaban J connectivity index is 2.12. The van der Waals surface area contributed by atoms with Crippen molar-refractivity contribution in [2.24, 2.45) is 7.05 Å². The van der Waals surface area contributed by atoms with E-state index < -0.39 is 5.97 Å². The van der Waals surface area contributed by atoms with Gasteiger partial charge >= 0.3 is 5.97 Å². The van der Waals surface area contributed by atoms with Crippen LogP contribution in [0.4, 0.5) is 0 Å². The maximum absolute atomic E-state index is 12.0. The minimum Gasteiger partial charge on any atom is -0.478 e. The third-order valence-electron chi connectivity index (χ3n) is 2.94. The van der Waals surface area contributed by atoms with Crippen LogP contribution in [0.1, 0.15) is 20.8 Å². The fourth-order valence-corrected chi connectivity index (χ4v) is 1.81. The molecule has 0 radical (unpaired) electrons. The highest BCUT2D eigenvalue weighted by molar-refractivity contribution is 5.97. The van der Waals surface area contributed by atoms with E-state index in [1.165, 1.54) is 16.8 Å². The van der Waals surface area contributed by atoms with Gasteiger partial charge in [0.05, 0.1) is 11.7 Å². The topological polar surface area (TPSA) is 71.8 Å². The van der Waals surface area contributed by atoms with Crippen LogP contribution in [0.2, 0.25) is 0 Å². The summed E-state index contributed by atoms with van der Waals surface area (Å²) in [6, 6.07) is 1.39. The summed E-state index contributed by atoms with van der Waals surface area (Å²) in [7, 11) is 3.27. The molecular formula is C11H14N2O4. The number of hydrogen-bond acceptors (Lipinski definition) is 3. The fraction of sp³-hybridized carbons (Fsp3) is 0.455. The Morgan fingerprint density at radius 1 is 1.47 bits per heavy atom. The molecular weight excluding hydrogens is 224 g/mol. The molecule has 0 atom stereocenters. The SMILES string of the molecule is COC1CN(C(=O)c2cc(C(=O)O)cn2C)C1. The number of amides is 1. The van der Waals surface area contributed by atoms with E-state index in [9.17, 15) is 9.59 Å². The molecule has 0 spiro atoms. The van der Waals surface area contributed by atoms with Gasteiger partial charge in [-0.15, -0.1) is 0 Å². The number of aryl methyl sites for hydroxylation is 1. The van der Waals surface area contributed by atoms with Crippen molar-refractivity contribution in [3.8, 4) is 0 Å². The van der Waals surface area contributed by atoms with Gasteiger partial charge in [0.1, 0.15) is 5.69 Å². The summed E-state index contributed by atoms with van der Waals surface area (Å²) < 4.78 is 6.61. The van der Waals surface area contributed by atoms with Gasteiger partial charge in [0.2, 0.25) is 0 Å². The van der Waals surface area contributed by atoms with E-state index in [0.717, 1.165) is 0 Å². The second-order valence-electron chi connectivity index (χ2n) is 4.10. The van der Waals surface area contributed by atoms with Crippen LogP contribution in [0.3, 0.4) is 0 Å². The monoisotopic (exact) mass is 238 g/mol. The summed E-state index contributed by atoms with van der Waals surface area (Å²) >= 11 is 0. The number of carbonyl (C=O) groups excluding carboxylic acids is 1. The molecule has 2 heterocycles. The first-order valence-corrected chi connectivity index (χ1v) is 5.24. The molecule has 0 saturated carbocycles. The minimum absolute atomic E-state index is 0.0955. The third-order valence-corrected chi connectivity index (χ3v) is 2.94. The van der Waals surface area contributed by atoms with E-state index in [1.807, 2.05) is 0 Å². The van der Waals surface area contributed by atoms with Crippen molar-refractivity contribution in [2.45, 2.75) is 6.10 Å². The molecule has 1 amide bonds. The summed E-state index contributed by atoms with van der Waals surface area (Å²) in [5.41, 5.74) is 0.511. The van der Waals surface area contributed by atoms with Crippen molar-refractivity contribution in [2.75, 3.05) is 20.2 Å². The normalized spacial score (nSPS) is 15.8. The maximum atomic E-state index is 12.0. The summed E-state index contributed by atoms with van der Waals surface area (Å²) in [4.78, 5) is 24.4. The molecule has 17 heavy (non-hydrogen) atoms. The number of nitrogens with zero attached hydrogens (tertiary/aromatic N) is 2. The van der Waals surface area contributed by atoms with Crippen LogP contribution in [-0.2, 0) is 11.8 Å². The molecule has 1 aliphatic heterocycles. The summed E-state index contributed by atoms with van der Waals surface area (Å²) in [5.74, 6) is -1.19. The molecule has 1 saturated heterocycles. The van der Waals surface area contributed by atoms with E-state index in [1.54, 1.807) is 19.1 Å². The minimum atomic E-state index is -1.03. The molecule has 1 fully saturated rings. The number of aromatic carboxylic acids is 1. The molecule has 0 aromatic carbocycles. The smallest absolute Gasteiger partial charge is 0.337 e. The predicted molar refractivity (Wildman–Crippen MR) is 59.1 cm³/mol. The summed E-state index contributed by atoms with van der Waals surface area (Å²) in [6.07, 6.45) is 1.53. The van der Waals surface area contributed by atoms with E-state index in [0.29, 0.717) is 18.8 Å². The van der Waals surface area contributed by atoms with Crippen LogP contribution in [-0.4, -0.2) is 52.8 Å². The average molecular weight is 238 g/mol. The zero-order chi connectivity index (χ0) is 12.6. The molecule has 92 valence electrons. The second-order valence-corrected chi connectivity index (χ2v) is 4.10. The van der Waals surface area contributed by atoms with Crippen molar-refractivity contribution >= 4 is 11.9 Å². The van der Waals surface area contributed by atoms with Gasteiger partial charge in [-0.05, 0) is 6.07 Å². The number of ether oxygens (including phenoxy) is 1. The molecule has 6 heteroatoms. The number of hydrogen-bond donors (Lipinski definition) is 1. The van der Waals surface area contributed by atoms with Gasteiger partial charge in [0, 0.05) is 33.4 Å². The highest BCUT2D eigenvalue weighted by Crippen LogP contribution is 2.16. The molecule has 1 N–H and O–H groups in total. The van der Waals surface area contributed by atoms with Crippen molar-refractivity contribution < 1.29 is 19.4 Å². The van der Waals surface area contributed by atoms with E-state index >= 15 is 0 Å². The summed E-state index contributed by atoms with van der Waals surface area (Å²) in [6.45, 7) is 1.12. The van der Waals surface area contributed by atoms with Crippen molar-refractivity contribution in [1.82, 2.24) is 9.47 Å². The van der Waals surface area contributed by atoms with E-state index in [-0.39, 0.29) is 17.6 Å². The molecule has 0 unspecified atom stereocenters. The van der Waals surface area contributed by atoms with Gasteiger partial charge in [-0.2, -0.15) is 0 Å². The first kappa shape index (κ1) is 11.7. The average Bonchev–Trinajstić information content (AvgIpc) is 2.58. The molecule has 6 nitrogen and oxygen atoms in total. The second kappa shape index (κ2) is 4.21. The van der Waals surface area contributed by atoms with E-state index in [2.05, 4.69) is 0 Å². The lowest BCUT2D eigenvalue weighted by molar-refractivity contribution is -0.0196. The lowest BCUT2D eigenvalue weighted by Gasteiger charge is -2.38. The number of carbonyl (C=O) groups is 2. The molecule has 1 aromatic rings. The van der Waals surface area contributed by atoms with Gasteiger partial charge in [-0.3, -0.25) is 4.79 Å². The van der Waals surface area contributed by atoms with Crippen molar-refractivity contribution in [3.63, 3.8) is 0 Å². The first-order valence-electron chi connectivity index (χ1n) is 5.24. The van der Waals surface area contributed by atoms with Crippen LogP contribution in [0, 0.1) is 0 Å². The van der Waals surface area contributed by atoms with Crippen LogP contribution >= 0.6 is 0 Å². The number of likely N-dealkylation sites (tertiary alicyclic amines) is 1. The zero-order valence-electron chi connectivity index (χ0n) is 9.71. The Labute approximate surface area is 98.4 Å². The van der Waals surface area contributed by atoms with Gasteiger partial charge in [-0.1, -0.05) is 0 Å². The van der Waals surface area contributed by atoms with Gasteiger partial charge in [0.15, 0.2) is 0 Å². The number of carboxylic acids is 1. The zero-order valence-corrected chi connectivity index (χ0v) is 9.71. The Morgan fingerprint density at radius 3 is 2.59 bits per heavy atom. The number of rotatable bonds is 3. The van der Waals surface area contributed by atoms with Gasteiger partial charge in [0.25, 0.3) is 5.91 Å². The largest absolute Gasteiger partial charge is 0.478 e. The quantitative estimate of drug-likeness (QED) is 0.816. The highest BCUT2D eigenvalue weighted by atomic mass is 16.5. The Morgan fingerprint density at radius 2 is 2.12 bits per heavy atom. The van der Waals surface area contributed by atoms with Crippen LogP contribution in [0.25, 0.3) is 0 Å². The Kier molecular flexibility index (Phi) is 2.89. The Hall–Kier alpha value is -1.82. The van der Waals surface area contributed by atoms with Crippen molar-refractivity contribution in [1.29, 1.82) is 0 Å². The summed E-state index contributed by atoms with van der Waals surface area (Å²) in [5, 5.41) is 8.84. The fourth-order valence-electron chi connectivity index (χ4n) is 1.81. The predicted octanol–water partition coefficient (Wildman–Crippen LogP) is 0.194. The highest BCUT2D eigenvalue weighted by Gasteiger charge is 2.32. The van der Waals surface area contributed by atoms with Gasteiger partial charge < -0.3 is 19.3 Å². The van der Waals surface area contributed by atoms with Crippen LogP contribution in [0.15, 0.2) is 12.3 Å². The standard InChI is InChI=1S/C11H14N2O4/c1-12-4-7(11(15)16)3-9(12)10(14)13-5-8(6-13)17-2/h3-4,8H,5-6H2,1-2H3,(H,15,16). The first-order chi connectivity index (χ1) is 8.02. The lowest BCUT2D eigenvalue weighted by atomic mass is 10.1. The molecule has 2 rings (SSSR count). The number of methoxy groups -OCH3 is 1. The van der Waals surface area contributed by atoms with Gasteiger partial charge in [-0.25, -0.2) is 4.79 Å². The number of aromatic nitrogens is 1. The molecule has 0 bridgehead atoms. The maximum Gasteiger partial charge on any atom is 0.337 e. The molecule has 0 aliphatic carbocycles. The Bertz CT molecular complexity index is 460. The molecule has 1 aromatic heterocycles. The van der Waals surface area contributed by atoms with Crippen LogP contribution < -0.4 is 0 Å². The lowest BCUT2D eigenvalue weighted by Crippen LogP contribution is -2.54.